The van der Waals surface area contributed by atoms with Crippen LogP contribution in [0.2, 0.25) is 0 Å². The maximum atomic E-state index is 10.5. The van der Waals surface area contributed by atoms with E-state index in [0.717, 1.165) is 13.0 Å². The van der Waals surface area contributed by atoms with Gasteiger partial charge in [-0.15, -0.1) is 0 Å². The lowest BCUT2D eigenvalue weighted by Gasteiger charge is -1.99. The number of nitrogens with one attached hydrogen (secondary N) is 2. The fraction of sp³-hybridized carbons (Fsp3) is 0.833. The van der Waals surface area contributed by atoms with Crippen LogP contribution in [0, 0.1) is 0 Å². The molecule has 9 heavy (non-hydrogen) atoms. The molecule has 0 aromatic heterocycles. The first-order chi connectivity index (χ1) is 4.31. The molecule has 2 N–H and O–H groups in total. The summed E-state index contributed by atoms with van der Waals surface area (Å²) in [5, 5.41) is 5.50. The van der Waals surface area contributed by atoms with Crippen LogP contribution < -0.4 is 10.6 Å². The Bertz CT molecular complexity index is 83.1. The molecule has 1 amide bonds. The van der Waals surface area contributed by atoms with E-state index in [9.17, 15) is 4.79 Å². The van der Waals surface area contributed by atoms with Crippen molar-refractivity contribution in [1.29, 1.82) is 0 Å². The average molecular weight is 130 g/mol. The van der Waals surface area contributed by atoms with Crippen molar-refractivity contribution in [3.8, 4) is 0 Å². The molecule has 0 aliphatic rings. The van der Waals surface area contributed by atoms with Crippen LogP contribution in [0.25, 0.3) is 0 Å². The lowest BCUT2D eigenvalue weighted by Crippen LogP contribution is -2.31. The summed E-state index contributed by atoms with van der Waals surface area (Å²) in [4.78, 5) is 10.5. The minimum absolute atomic E-state index is 0.0449. The first-order valence-corrected chi connectivity index (χ1v) is 3.22. The van der Waals surface area contributed by atoms with E-state index in [1.807, 2.05) is 0 Å². The van der Waals surface area contributed by atoms with Crippen molar-refractivity contribution >= 4 is 5.91 Å². The van der Waals surface area contributed by atoms with Crippen LogP contribution in [-0.2, 0) is 4.79 Å². The van der Waals surface area contributed by atoms with Gasteiger partial charge in [0.15, 0.2) is 0 Å². The molecule has 0 heterocycles. The Kier molecular flexibility index (Phi) is 5.21. The third-order valence-electron chi connectivity index (χ3n) is 0.991. The van der Waals surface area contributed by atoms with E-state index < -0.39 is 0 Å². The molecule has 54 valence electrons. The van der Waals surface area contributed by atoms with Gasteiger partial charge in [-0.25, -0.2) is 0 Å². The molecule has 0 bridgehead atoms. The van der Waals surface area contributed by atoms with Gasteiger partial charge in [0.05, 0.1) is 6.54 Å². The van der Waals surface area contributed by atoms with Crippen molar-refractivity contribution in [3.05, 3.63) is 0 Å². The molecular formula is C6H14N2O. The topological polar surface area (TPSA) is 41.1 Å². The SMILES string of the molecule is CCCNCC(=O)NC. The molecule has 3 heteroatoms. The highest BCUT2D eigenvalue weighted by Gasteiger charge is 1.92. The van der Waals surface area contributed by atoms with Gasteiger partial charge in [-0.1, -0.05) is 6.92 Å². The van der Waals surface area contributed by atoms with Crippen molar-refractivity contribution in [2.45, 2.75) is 13.3 Å². The van der Waals surface area contributed by atoms with Gasteiger partial charge in [0.25, 0.3) is 0 Å². The minimum atomic E-state index is 0.0449. The van der Waals surface area contributed by atoms with E-state index in [0.29, 0.717) is 6.54 Å². The standard InChI is InChI=1S/C6H14N2O/c1-3-4-8-5-6(9)7-2/h8H,3-5H2,1-2H3,(H,7,9). The Morgan fingerprint density at radius 1 is 1.56 bits per heavy atom. The summed E-state index contributed by atoms with van der Waals surface area (Å²) in [6, 6.07) is 0. The molecule has 0 fully saturated rings. The Morgan fingerprint density at radius 3 is 2.67 bits per heavy atom. The van der Waals surface area contributed by atoms with Crippen LogP contribution in [0.5, 0.6) is 0 Å². The molecule has 0 unspecified atom stereocenters. The predicted molar refractivity (Wildman–Crippen MR) is 37.2 cm³/mol. The normalized spacial score (nSPS) is 9.11. The smallest absolute Gasteiger partial charge is 0.233 e. The molecule has 0 aromatic carbocycles. The Morgan fingerprint density at radius 2 is 2.22 bits per heavy atom. The highest BCUT2D eigenvalue weighted by molar-refractivity contribution is 5.77. The number of amides is 1. The van der Waals surface area contributed by atoms with Gasteiger partial charge in [0.1, 0.15) is 0 Å². The van der Waals surface area contributed by atoms with Gasteiger partial charge < -0.3 is 10.6 Å². The monoisotopic (exact) mass is 130 g/mol. The Labute approximate surface area is 55.8 Å². The zero-order valence-corrected chi connectivity index (χ0v) is 6.03. The highest BCUT2D eigenvalue weighted by atomic mass is 16.1. The van der Waals surface area contributed by atoms with Gasteiger partial charge in [-0.3, -0.25) is 4.79 Å². The minimum Gasteiger partial charge on any atom is -0.358 e. The number of likely N-dealkylation sites (N-methyl/N-ethyl adjacent to an activating group) is 1. The molecule has 0 radical (unpaired) electrons. The second-order valence-electron chi connectivity index (χ2n) is 1.85. The zero-order chi connectivity index (χ0) is 7.11. The third kappa shape index (κ3) is 5.30. The molecular weight excluding hydrogens is 116 g/mol. The summed E-state index contributed by atoms with van der Waals surface area (Å²) >= 11 is 0. The predicted octanol–water partition coefficient (Wildman–Crippen LogP) is -0.268. The van der Waals surface area contributed by atoms with E-state index in [-0.39, 0.29) is 5.91 Å². The molecule has 0 spiro atoms. The fourth-order valence-corrected chi connectivity index (χ4v) is 0.467. The average Bonchev–Trinajstić information content (AvgIpc) is 1.89. The zero-order valence-electron chi connectivity index (χ0n) is 6.03. The van der Waals surface area contributed by atoms with E-state index in [1.165, 1.54) is 0 Å². The molecule has 0 aliphatic carbocycles. The van der Waals surface area contributed by atoms with Crippen LogP contribution in [0.3, 0.4) is 0 Å². The number of carbonyl (C=O) groups is 1. The van der Waals surface area contributed by atoms with E-state index >= 15 is 0 Å². The lowest BCUT2D eigenvalue weighted by molar-refractivity contribution is -0.119. The number of rotatable bonds is 4. The van der Waals surface area contributed by atoms with Crippen molar-refractivity contribution in [1.82, 2.24) is 10.6 Å². The van der Waals surface area contributed by atoms with Crippen LogP contribution in [-0.4, -0.2) is 26.0 Å². The van der Waals surface area contributed by atoms with Crippen molar-refractivity contribution in [2.75, 3.05) is 20.1 Å². The fourth-order valence-electron chi connectivity index (χ4n) is 0.467. The van der Waals surface area contributed by atoms with E-state index in [1.54, 1.807) is 7.05 Å². The van der Waals surface area contributed by atoms with E-state index in [4.69, 9.17) is 0 Å². The second-order valence-corrected chi connectivity index (χ2v) is 1.85. The van der Waals surface area contributed by atoms with Crippen LogP contribution in [0.4, 0.5) is 0 Å². The number of hydrogen-bond donors (Lipinski definition) is 2. The molecule has 0 aliphatic heterocycles. The van der Waals surface area contributed by atoms with Crippen LogP contribution in [0.15, 0.2) is 0 Å². The quantitative estimate of drug-likeness (QED) is 0.514. The van der Waals surface area contributed by atoms with Crippen molar-refractivity contribution in [3.63, 3.8) is 0 Å². The van der Waals surface area contributed by atoms with Crippen molar-refractivity contribution < 1.29 is 4.79 Å². The molecule has 0 aromatic rings. The lowest BCUT2D eigenvalue weighted by atomic mass is 10.4. The maximum Gasteiger partial charge on any atom is 0.233 e. The molecule has 0 atom stereocenters. The molecule has 0 saturated heterocycles. The van der Waals surface area contributed by atoms with Gasteiger partial charge in [-0.2, -0.15) is 0 Å². The summed E-state index contributed by atoms with van der Waals surface area (Å²) in [6.45, 7) is 3.41. The molecule has 3 nitrogen and oxygen atoms in total. The summed E-state index contributed by atoms with van der Waals surface area (Å²) in [6.07, 6.45) is 1.07. The first-order valence-electron chi connectivity index (χ1n) is 3.22. The Balaban J connectivity index is 2.97. The first kappa shape index (κ1) is 8.43. The summed E-state index contributed by atoms with van der Waals surface area (Å²) in [5.41, 5.74) is 0. The van der Waals surface area contributed by atoms with Gasteiger partial charge in [0, 0.05) is 7.05 Å². The maximum absolute atomic E-state index is 10.5. The third-order valence-corrected chi connectivity index (χ3v) is 0.991. The van der Waals surface area contributed by atoms with Crippen molar-refractivity contribution in [2.24, 2.45) is 0 Å². The molecule has 0 saturated carbocycles. The van der Waals surface area contributed by atoms with Gasteiger partial charge in [-0.05, 0) is 13.0 Å². The molecule has 0 rings (SSSR count). The largest absolute Gasteiger partial charge is 0.358 e. The second kappa shape index (κ2) is 5.56. The summed E-state index contributed by atoms with van der Waals surface area (Å²) < 4.78 is 0. The van der Waals surface area contributed by atoms with Crippen LogP contribution >= 0.6 is 0 Å². The number of hydrogen-bond acceptors (Lipinski definition) is 2. The summed E-state index contributed by atoms with van der Waals surface area (Å²) in [5.74, 6) is 0.0449. The van der Waals surface area contributed by atoms with E-state index in [2.05, 4.69) is 17.6 Å². The Hall–Kier alpha value is -0.570. The van der Waals surface area contributed by atoms with Gasteiger partial charge >= 0.3 is 0 Å². The summed E-state index contributed by atoms with van der Waals surface area (Å²) in [7, 11) is 1.63. The highest BCUT2D eigenvalue weighted by Crippen LogP contribution is 1.68. The number of carbonyl (C=O) groups excluding carboxylic acids is 1. The van der Waals surface area contributed by atoms with Crippen LogP contribution in [0.1, 0.15) is 13.3 Å². The van der Waals surface area contributed by atoms with Gasteiger partial charge in [0.2, 0.25) is 5.91 Å².